The van der Waals surface area contributed by atoms with Crippen molar-refractivity contribution in [2.24, 2.45) is 0 Å². The first-order chi connectivity index (χ1) is 8.08. The Morgan fingerprint density at radius 3 is 2.41 bits per heavy atom. The zero-order valence-electron chi connectivity index (χ0n) is 9.31. The normalized spacial score (nSPS) is 17.3. The number of rotatable bonds is 3. The first-order valence-electron chi connectivity index (χ1n) is 4.88. The van der Waals surface area contributed by atoms with E-state index in [4.69, 9.17) is 14.6 Å². The summed E-state index contributed by atoms with van der Waals surface area (Å²) in [6, 6.07) is 1.95. The van der Waals surface area contributed by atoms with Gasteiger partial charge in [0.15, 0.2) is 17.5 Å². The van der Waals surface area contributed by atoms with Gasteiger partial charge in [0.05, 0.1) is 14.2 Å². The fraction of sp³-hybridized carbons (Fsp3) is 0.273. The maximum Gasteiger partial charge on any atom is 0.330 e. The minimum Gasteiger partial charge on any atom is -0.493 e. The summed E-state index contributed by atoms with van der Waals surface area (Å²) in [6.07, 6.45) is 0. The van der Waals surface area contributed by atoms with Crippen LogP contribution in [-0.2, 0) is 4.79 Å². The van der Waals surface area contributed by atoms with Crippen molar-refractivity contribution in [3.8, 4) is 11.5 Å². The predicted octanol–water partition coefficient (Wildman–Crippen LogP) is 0.573. The largest absolute Gasteiger partial charge is 0.493 e. The number of ether oxygens (including phenoxy) is 2. The molecular weight excluding hydrogens is 226 g/mol. The van der Waals surface area contributed by atoms with E-state index in [2.05, 4.69) is 5.32 Å². The molecule has 0 saturated heterocycles. The van der Waals surface area contributed by atoms with Gasteiger partial charge in [-0.2, -0.15) is 0 Å². The maximum absolute atomic E-state index is 11.6. The van der Waals surface area contributed by atoms with Crippen molar-refractivity contribution in [3.05, 3.63) is 23.3 Å². The number of hydrogen-bond acceptors (Lipinski definition) is 4. The number of carbonyl (C=O) groups excluding carboxylic acids is 1. The van der Waals surface area contributed by atoms with Crippen LogP contribution in [0.2, 0.25) is 0 Å². The van der Waals surface area contributed by atoms with Crippen LogP contribution in [0.4, 0.5) is 0 Å². The van der Waals surface area contributed by atoms with Crippen LogP contribution < -0.4 is 14.8 Å². The summed E-state index contributed by atoms with van der Waals surface area (Å²) in [5.74, 6) is -0.737. The molecule has 0 radical (unpaired) electrons. The molecule has 1 aromatic rings. The molecule has 2 N–H and O–H groups in total. The fourth-order valence-electron chi connectivity index (χ4n) is 1.81. The molecule has 2 rings (SSSR count). The number of amides is 1. The molecule has 1 aliphatic heterocycles. The molecule has 1 aliphatic rings. The average Bonchev–Trinajstić information content (AvgIpc) is 2.64. The molecule has 1 atom stereocenters. The van der Waals surface area contributed by atoms with E-state index in [1.165, 1.54) is 26.4 Å². The highest BCUT2D eigenvalue weighted by atomic mass is 16.5. The standard InChI is InChI=1S/C11H11NO5/c1-16-7-3-5-6(4-8(7)17-2)10(13)12-9(5)11(14)15/h3-4,9H,1-2H3,(H,12,13)(H,14,15). The molecule has 90 valence electrons. The number of carboxylic acid groups (broad SMARTS) is 1. The summed E-state index contributed by atoms with van der Waals surface area (Å²) in [5.41, 5.74) is 0.690. The average molecular weight is 237 g/mol. The van der Waals surface area contributed by atoms with E-state index in [1.807, 2.05) is 0 Å². The van der Waals surface area contributed by atoms with Gasteiger partial charge < -0.3 is 19.9 Å². The highest BCUT2D eigenvalue weighted by molar-refractivity contribution is 6.04. The second kappa shape index (κ2) is 3.97. The van der Waals surface area contributed by atoms with Crippen molar-refractivity contribution in [2.45, 2.75) is 6.04 Å². The van der Waals surface area contributed by atoms with Crippen LogP contribution in [0.1, 0.15) is 22.0 Å². The lowest BCUT2D eigenvalue weighted by atomic mass is 10.0. The monoisotopic (exact) mass is 237 g/mol. The summed E-state index contributed by atoms with van der Waals surface area (Å²) in [7, 11) is 2.90. The van der Waals surface area contributed by atoms with Crippen LogP contribution in [-0.4, -0.2) is 31.2 Å². The molecule has 1 unspecified atom stereocenters. The van der Waals surface area contributed by atoms with Crippen LogP contribution in [0.25, 0.3) is 0 Å². The van der Waals surface area contributed by atoms with Crippen molar-refractivity contribution in [3.63, 3.8) is 0 Å². The van der Waals surface area contributed by atoms with E-state index in [-0.39, 0.29) is 0 Å². The molecule has 6 nitrogen and oxygen atoms in total. The summed E-state index contributed by atoms with van der Waals surface area (Å²) in [5, 5.41) is 11.4. The highest BCUT2D eigenvalue weighted by Gasteiger charge is 2.35. The lowest BCUT2D eigenvalue weighted by Crippen LogP contribution is -2.25. The zero-order chi connectivity index (χ0) is 12.6. The predicted molar refractivity (Wildman–Crippen MR) is 57.4 cm³/mol. The lowest BCUT2D eigenvalue weighted by Gasteiger charge is -2.10. The SMILES string of the molecule is COc1cc2c(cc1OC)C(C(=O)O)NC2=O. The van der Waals surface area contributed by atoms with Crippen LogP contribution in [0, 0.1) is 0 Å². The number of fused-ring (bicyclic) bond motifs is 1. The minimum absolute atomic E-state index is 0.301. The van der Waals surface area contributed by atoms with Gasteiger partial charge in [-0.1, -0.05) is 0 Å². The number of carboxylic acids is 1. The van der Waals surface area contributed by atoms with E-state index in [0.29, 0.717) is 22.6 Å². The zero-order valence-corrected chi connectivity index (χ0v) is 9.31. The number of nitrogens with one attached hydrogen (secondary N) is 1. The summed E-state index contributed by atoms with van der Waals surface area (Å²) < 4.78 is 10.1. The van der Waals surface area contributed by atoms with Gasteiger partial charge in [0.2, 0.25) is 0 Å². The van der Waals surface area contributed by atoms with Gasteiger partial charge in [0.25, 0.3) is 5.91 Å². The smallest absolute Gasteiger partial charge is 0.330 e. The van der Waals surface area contributed by atoms with Gasteiger partial charge in [-0.3, -0.25) is 4.79 Å². The van der Waals surface area contributed by atoms with Gasteiger partial charge in [-0.15, -0.1) is 0 Å². The first kappa shape index (κ1) is 11.3. The number of carbonyl (C=O) groups is 2. The maximum atomic E-state index is 11.6. The summed E-state index contributed by atoms with van der Waals surface area (Å²) in [4.78, 5) is 22.6. The second-order valence-corrected chi connectivity index (χ2v) is 3.54. The van der Waals surface area contributed by atoms with Gasteiger partial charge in [0.1, 0.15) is 0 Å². The summed E-state index contributed by atoms with van der Waals surface area (Å²) in [6.45, 7) is 0. The van der Waals surface area contributed by atoms with Gasteiger partial charge >= 0.3 is 5.97 Å². The molecule has 1 amide bonds. The quantitative estimate of drug-likeness (QED) is 0.802. The topological polar surface area (TPSA) is 84.9 Å². The van der Waals surface area contributed by atoms with E-state index >= 15 is 0 Å². The Kier molecular flexibility index (Phi) is 2.63. The van der Waals surface area contributed by atoms with Gasteiger partial charge in [0, 0.05) is 11.1 Å². The molecule has 0 fully saturated rings. The Morgan fingerprint density at radius 1 is 1.29 bits per heavy atom. The second-order valence-electron chi connectivity index (χ2n) is 3.54. The molecule has 0 spiro atoms. The lowest BCUT2D eigenvalue weighted by molar-refractivity contribution is -0.139. The van der Waals surface area contributed by atoms with E-state index in [0.717, 1.165) is 0 Å². The van der Waals surface area contributed by atoms with Crippen LogP contribution in [0.3, 0.4) is 0 Å². The Morgan fingerprint density at radius 2 is 1.88 bits per heavy atom. The fourth-order valence-corrected chi connectivity index (χ4v) is 1.81. The first-order valence-corrected chi connectivity index (χ1v) is 4.88. The Hall–Kier alpha value is -2.24. The molecule has 6 heteroatoms. The van der Waals surface area contributed by atoms with Crippen molar-refractivity contribution in [2.75, 3.05) is 14.2 Å². The van der Waals surface area contributed by atoms with E-state index < -0.39 is 17.9 Å². The number of methoxy groups -OCH3 is 2. The Balaban J connectivity index is 2.58. The molecule has 17 heavy (non-hydrogen) atoms. The third-order valence-corrected chi connectivity index (χ3v) is 2.63. The molecule has 0 aliphatic carbocycles. The molecular formula is C11H11NO5. The van der Waals surface area contributed by atoms with Crippen molar-refractivity contribution in [1.82, 2.24) is 5.32 Å². The Labute approximate surface area is 97.1 Å². The van der Waals surface area contributed by atoms with Gasteiger partial charge in [-0.25, -0.2) is 4.79 Å². The number of benzene rings is 1. The molecule has 0 aromatic heterocycles. The van der Waals surface area contributed by atoms with E-state index in [1.54, 1.807) is 0 Å². The van der Waals surface area contributed by atoms with Crippen LogP contribution in [0.5, 0.6) is 11.5 Å². The molecule has 0 bridgehead atoms. The molecule has 1 aromatic carbocycles. The third-order valence-electron chi connectivity index (χ3n) is 2.63. The molecule has 0 saturated carbocycles. The number of aliphatic carboxylic acids is 1. The third kappa shape index (κ3) is 1.67. The van der Waals surface area contributed by atoms with Crippen molar-refractivity contribution < 1.29 is 24.2 Å². The summed E-state index contributed by atoms with van der Waals surface area (Å²) >= 11 is 0. The minimum atomic E-state index is -1.11. The van der Waals surface area contributed by atoms with Crippen LogP contribution in [0.15, 0.2) is 12.1 Å². The van der Waals surface area contributed by atoms with E-state index in [9.17, 15) is 9.59 Å². The molecule has 1 heterocycles. The van der Waals surface area contributed by atoms with Gasteiger partial charge in [-0.05, 0) is 12.1 Å². The Bertz CT molecular complexity index is 497. The highest BCUT2D eigenvalue weighted by Crippen LogP contribution is 2.36. The van der Waals surface area contributed by atoms with Crippen LogP contribution >= 0.6 is 0 Å². The van der Waals surface area contributed by atoms with Crippen molar-refractivity contribution >= 4 is 11.9 Å². The van der Waals surface area contributed by atoms with Crippen molar-refractivity contribution in [1.29, 1.82) is 0 Å². The number of hydrogen-bond donors (Lipinski definition) is 2.